The first-order valence-electron chi connectivity index (χ1n) is 7.94. The molecule has 0 aromatic heterocycles. The van der Waals surface area contributed by atoms with Crippen LogP contribution in [0.3, 0.4) is 0 Å². The summed E-state index contributed by atoms with van der Waals surface area (Å²) < 4.78 is 0. The van der Waals surface area contributed by atoms with Gasteiger partial charge in [-0.3, -0.25) is 0 Å². The quantitative estimate of drug-likeness (QED) is 0.854. The standard InChI is InChI=1S/C18H29N/c1-4-14-6-5-7-16(10-14)18-11-15(13(2)3)8-9-17(18)12-19/h5-7,10,13,15,17-18H,4,8-9,11-12,19H2,1-3H3. The number of rotatable bonds is 4. The van der Waals surface area contributed by atoms with Gasteiger partial charge in [-0.1, -0.05) is 45.0 Å². The van der Waals surface area contributed by atoms with Crippen LogP contribution in [-0.4, -0.2) is 6.54 Å². The molecule has 0 aliphatic heterocycles. The van der Waals surface area contributed by atoms with Crippen LogP contribution in [0, 0.1) is 17.8 Å². The van der Waals surface area contributed by atoms with Gasteiger partial charge in [0.05, 0.1) is 0 Å². The highest BCUT2D eigenvalue weighted by Crippen LogP contribution is 2.42. The lowest BCUT2D eigenvalue weighted by Gasteiger charge is -2.38. The fraction of sp³-hybridized carbons (Fsp3) is 0.667. The topological polar surface area (TPSA) is 26.0 Å². The molecular weight excluding hydrogens is 230 g/mol. The average molecular weight is 259 g/mol. The Bertz CT molecular complexity index is 396. The summed E-state index contributed by atoms with van der Waals surface area (Å²) in [5.74, 6) is 3.04. The summed E-state index contributed by atoms with van der Waals surface area (Å²) in [4.78, 5) is 0. The maximum absolute atomic E-state index is 6.02. The van der Waals surface area contributed by atoms with Gasteiger partial charge < -0.3 is 5.73 Å². The highest BCUT2D eigenvalue weighted by atomic mass is 14.6. The van der Waals surface area contributed by atoms with Crippen LogP contribution in [-0.2, 0) is 6.42 Å². The van der Waals surface area contributed by atoms with E-state index in [4.69, 9.17) is 5.73 Å². The van der Waals surface area contributed by atoms with E-state index in [0.29, 0.717) is 11.8 Å². The van der Waals surface area contributed by atoms with Gasteiger partial charge in [-0.25, -0.2) is 0 Å². The SMILES string of the molecule is CCc1cccc(C2CC(C(C)C)CCC2CN)c1. The molecule has 1 aliphatic carbocycles. The third-order valence-corrected chi connectivity index (χ3v) is 5.07. The second kappa shape index (κ2) is 6.56. The molecule has 1 heteroatoms. The molecule has 0 bridgehead atoms. The maximum atomic E-state index is 6.02. The monoisotopic (exact) mass is 259 g/mol. The number of aryl methyl sites for hydroxylation is 1. The van der Waals surface area contributed by atoms with Crippen molar-refractivity contribution in [3.8, 4) is 0 Å². The number of nitrogens with two attached hydrogens (primary N) is 1. The number of hydrogen-bond acceptors (Lipinski definition) is 1. The Balaban J connectivity index is 2.21. The van der Waals surface area contributed by atoms with Crippen molar-refractivity contribution in [2.75, 3.05) is 6.54 Å². The molecule has 1 aliphatic rings. The number of hydrogen-bond donors (Lipinski definition) is 1. The molecule has 1 saturated carbocycles. The summed E-state index contributed by atoms with van der Waals surface area (Å²) in [6.45, 7) is 7.81. The van der Waals surface area contributed by atoms with E-state index in [1.54, 1.807) is 0 Å². The summed E-state index contributed by atoms with van der Waals surface area (Å²) in [5.41, 5.74) is 9.01. The van der Waals surface area contributed by atoms with Gasteiger partial charge in [-0.05, 0) is 67.0 Å². The van der Waals surface area contributed by atoms with Crippen LogP contribution >= 0.6 is 0 Å². The third kappa shape index (κ3) is 3.39. The van der Waals surface area contributed by atoms with E-state index < -0.39 is 0 Å². The molecule has 19 heavy (non-hydrogen) atoms. The second-order valence-electron chi connectivity index (χ2n) is 6.52. The maximum Gasteiger partial charge on any atom is -0.00430 e. The van der Waals surface area contributed by atoms with Gasteiger partial charge in [0.2, 0.25) is 0 Å². The van der Waals surface area contributed by atoms with Crippen LogP contribution in [0.4, 0.5) is 0 Å². The molecule has 1 aromatic rings. The first-order valence-corrected chi connectivity index (χ1v) is 7.94. The van der Waals surface area contributed by atoms with Crippen molar-refractivity contribution in [1.82, 2.24) is 0 Å². The number of benzene rings is 1. The summed E-state index contributed by atoms with van der Waals surface area (Å²) >= 11 is 0. The van der Waals surface area contributed by atoms with Gasteiger partial charge in [0, 0.05) is 0 Å². The minimum Gasteiger partial charge on any atom is -0.330 e. The Morgan fingerprint density at radius 1 is 1.26 bits per heavy atom. The van der Waals surface area contributed by atoms with Gasteiger partial charge in [0.25, 0.3) is 0 Å². The molecule has 106 valence electrons. The smallest absolute Gasteiger partial charge is 0.00430 e. The van der Waals surface area contributed by atoms with Gasteiger partial charge >= 0.3 is 0 Å². The van der Waals surface area contributed by atoms with E-state index in [0.717, 1.165) is 24.8 Å². The van der Waals surface area contributed by atoms with Crippen LogP contribution < -0.4 is 5.73 Å². The Labute approximate surface area is 118 Å². The molecule has 0 heterocycles. The van der Waals surface area contributed by atoms with Crippen molar-refractivity contribution in [2.45, 2.75) is 52.4 Å². The van der Waals surface area contributed by atoms with E-state index in [1.165, 1.54) is 30.4 Å². The van der Waals surface area contributed by atoms with Gasteiger partial charge in [0.1, 0.15) is 0 Å². The first kappa shape index (κ1) is 14.6. The molecule has 1 fully saturated rings. The molecule has 0 amide bonds. The molecule has 3 unspecified atom stereocenters. The highest BCUT2D eigenvalue weighted by molar-refractivity contribution is 5.27. The predicted molar refractivity (Wildman–Crippen MR) is 83.3 cm³/mol. The van der Waals surface area contributed by atoms with E-state index in [2.05, 4.69) is 45.0 Å². The van der Waals surface area contributed by atoms with Crippen molar-refractivity contribution >= 4 is 0 Å². The van der Waals surface area contributed by atoms with Crippen molar-refractivity contribution in [1.29, 1.82) is 0 Å². The molecule has 0 saturated heterocycles. The molecule has 0 spiro atoms. The average Bonchev–Trinajstić information content (AvgIpc) is 2.46. The van der Waals surface area contributed by atoms with Crippen LogP contribution in [0.2, 0.25) is 0 Å². The molecule has 2 N–H and O–H groups in total. The zero-order valence-electron chi connectivity index (χ0n) is 12.7. The van der Waals surface area contributed by atoms with Crippen LogP contribution in [0.15, 0.2) is 24.3 Å². The van der Waals surface area contributed by atoms with Crippen LogP contribution in [0.1, 0.15) is 57.1 Å². The Kier molecular flexibility index (Phi) is 5.04. The zero-order chi connectivity index (χ0) is 13.8. The minimum absolute atomic E-state index is 0.678. The third-order valence-electron chi connectivity index (χ3n) is 5.07. The lowest BCUT2D eigenvalue weighted by molar-refractivity contribution is 0.197. The lowest BCUT2D eigenvalue weighted by atomic mass is 9.68. The largest absolute Gasteiger partial charge is 0.330 e. The molecule has 1 aromatic carbocycles. The fourth-order valence-corrected chi connectivity index (χ4v) is 3.61. The van der Waals surface area contributed by atoms with Crippen LogP contribution in [0.25, 0.3) is 0 Å². The van der Waals surface area contributed by atoms with Crippen molar-refractivity contribution in [3.63, 3.8) is 0 Å². The lowest BCUT2D eigenvalue weighted by Crippen LogP contribution is -2.30. The summed E-state index contributed by atoms with van der Waals surface area (Å²) in [6, 6.07) is 9.19. The zero-order valence-corrected chi connectivity index (χ0v) is 12.7. The minimum atomic E-state index is 0.678. The van der Waals surface area contributed by atoms with Gasteiger partial charge in [-0.2, -0.15) is 0 Å². The second-order valence-corrected chi connectivity index (χ2v) is 6.52. The molecule has 3 atom stereocenters. The highest BCUT2D eigenvalue weighted by Gasteiger charge is 2.31. The Morgan fingerprint density at radius 2 is 2.05 bits per heavy atom. The normalized spacial score (nSPS) is 27.7. The van der Waals surface area contributed by atoms with Crippen LogP contribution in [0.5, 0.6) is 0 Å². The van der Waals surface area contributed by atoms with Gasteiger partial charge in [-0.15, -0.1) is 0 Å². The molecular formula is C18H29N. The van der Waals surface area contributed by atoms with E-state index >= 15 is 0 Å². The van der Waals surface area contributed by atoms with Gasteiger partial charge in [0.15, 0.2) is 0 Å². The molecule has 2 rings (SSSR count). The van der Waals surface area contributed by atoms with Crippen molar-refractivity contribution in [2.24, 2.45) is 23.5 Å². The molecule has 0 radical (unpaired) electrons. The summed E-state index contributed by atoms with van der Waals surface area (Å²) in [6.07, 6.45) is 5.12. The van der Waals surface area contributed by atoms with E-state index in [9.17, 15) is 0 Å². The first-order chi connectivity index (χ1) is 9.15. The fourth-order valence-electron chi connectivity index (χ4n) is 3.61. The summed E-state index contributed by atoms with van der Waals surface area (Å²) in [7, 11) is 0. The Hall–Kier alpha value is -0.820. The van der Waals surface area contributed by atoms with Crippen molar-refractivity contribution in [3.05, 3.63) is 35.4 Å². The van der Waals surface area contributed by atoms with E-state index in [1.807, 2.05) is 0 Å². The predicted octanol–water partition coefficient (Wildman–Crippen LogP) is 4.36. The molecule has 1 nitrogen and oxygen atoms in total. The van der Waals surface area contributed by atoms with Crippen molar-refractivity contribution < 1.29 is 0 Å². The Morgan fingerprint density at radius 3 is 2.68 bits per heavy atom. The van der Waals surface area contributed by atoms with E-state index in [-0.39, 0.29) is 0 Å². The summed E-state index contributed by atoms with van der Waals surface area (Å²) in [5, 5.41) is 0.